The fourth-order valence-corrected chi connectivity index (χ4v) is 3.16. The fourth-order valence-electron chi connectivity index (χ4n) is 3.16. The van der Waals surface area contributed by atoms with E-state index in [-0.39, 0.29) is 18.1 Å². The average Bonchev–Trinajstić information content (AvgIpc) is 3.15. The van der Waals surface area contributed by atoms with Crippen molar-refractivity contribution in [2.75, 3.05) is 25.5 Å². The average molecular weight is 415 g/mol. The zero-order valence-corrected chi connectivity index (χ0v) is 18.2. The highest BCUT2D eigenvalue weighted by Gasteiger charge is 2.17. The van der Waals surface area contributed by atoms with Crippen molar-refractivity contribution >= 4 is 28.6 Å². The number of alkyl carbamates (subject to hydrolysis) is 1. The second-order valence-corrected chi connectivity index (χ2v) is 7.70. The summed E-state index contributed by atoms with van der Waals surface area (Å²) < 4.78 is 12.5. The van der Waals surface area contributed by atoms with Gasteiger partial charge in [-0.05, 0) is 38.8 Å². The minimum absolute atomic E-state index is 0.120. The Labute approximate surface area is 176 Å². The largest absolute Gasteiger partial charge is 0.497 e. The summed E-state index contributed by atoms with van der Waals surface area (Å²) in [6.07, 6.45) is 1.18. The topological polar surface area (TPSA) is 103 Å². The number of nitrogens with zero attached hydrogens (tertiary/aromatic N) is 4. The Balaban J connectivity index is 1.72. The summed E-state index contributed by atoms with van der Waals surface area (Å²) in [7, 11) is 1.64. The molecule has 0 saturated heterocycles. The van der Waals surface area contributed by atoms with Crippen molar-refractivity contribution in [1.82, 2.24) is 24.9 Å². The van der Waals surface area contributed by atoms with Gasteiger partial charge in [-0.2, -0.15) is 0 Å². The molecule has 0 aliphatic carbocycles. The molecule has 3 rings (SSSR count). The number of carbonyl (C=O) groups excluding carboxylic acids is 1. The molecule has 1 aromatic carbocycles. The number of hydrogen-bond donors (Lipinski definition) is 2. The van der Waals surface area contributed by atoms with E-state index in [4.69, 9.17) is 14.5 Å². The van der Waals surface area contributed by atoms with Gasteiger partial charge in [0.2, 0.25) is 5.65 Å². The first-order valence-corrected chi connectivity index (χ1v) is 10.3. The second-order valence-electron chi connectivity index (χ2n) is 7.70. The van der Waals surface area contributed by atoms with Gasteiger partial charge >= 0.3 is 6.09 Å². The van der Waals surface area contributed by atoms with Gasteiger partial charge in [0.15, 0.2) is 5.82 Å². The number of nitrogens with one attached hydrogen (secondary N) is 2. The predicted molar refractivity (Wildman–Crippen MR) is 116 cm³/mol. The maximum atomic E-state index is 11.5. The van der Waals surface area contributed by atoms with E-state index in [1.165, 1.54) is 0 Å². The number of carbonyl (C=O) groups is 1. The SMILES string of the molecule is COc1ccc2c(c1)nc(NCCCCNC(=O)OC(C)C)c1nnc(C(C)C)n12. The molecule has 0 saturated carbocycles. The lowest BCUT2D eigenvalue weighted by atomic mass is 10.2. The molecule has 0 spiro atoms. The minimum Gasteiger partial charge on any atom is -0.497 e. The first-order chi connectivity index (χ1) is 14.4. The molecule has 30 heavy (non-hydrogen) atoms. The standard InChI is InChI=1S/C21H30N6O3/c1-13(2)19-25-26-20-18(22-10-6-7-11-23-21(28)30-14(3)4)24-16-12-15(29-5)8-9-17(16)27(19)20/h8-9,12-14H,6-7,10-11H2,1-5H3,(H,22,24)(H,23,28). The number of anilines is 1. The molecule has 2 aromatic heterocycles. The summed E-state index contributed by atoms with van der Waals surface area (Å²) in [5, 5.41) is 14.9. The summed E-state index contributed by atoms with van der Waals surface area (Å²) in [6.45, 7) is 9.10. The maximum absolute atomic E-state index is 11.5. The van der Waals surface area contributed by atoms with Crippen molar-refractivity contribution in [1.29, 1.82) is 0 Å². The number of ether oxygens (including phenoxy) is 2. The lowest BCUT2D eigenvalue weighted by molar-refractivity contribution is 0.115. The highest BCUT2D eigenvalue weighted by Crippen LogP contribution is 2.27. The molecule has 1 amide bonds. The van der Waals surface area contributed by atoms with Gasteiger partial charge in [0.05, 0.1) is 24.2 Å². The molecule has 3 aromatic rings. The summed E-state index contributed by atoms with van der Waals surface area (Å²) in [5.41, 5.74) is 2.46. The lowest BCUT2D eigenvalue weighted by Crippen LogP contribution is -2.27. The normalized spacial score (nSPS) is 11.4. The number of benzene rings is 1. The Morgan fingerprint density at radius 3 is 2.60 bits per heavy atom. The van der Waals surface area contributed by atoms with Crippen molar-refractivity contribution in [3.05, 3.63) is 24.0 Å². The third-order valence-electron chi connectivity index (χ3n) is 4.58. The molecule has 0 aliphatic rings. The van der Waals surface area contributed by atoms with Crippen LogP contribution in [0.25, 0.3) is 16.7 Å². The van der Waals surface area contributed by atoms with Crippen LogP contribution < -0.4 is 15.4 Å². The van der Waals surface area contributed by atoms with E-state index in [0.29, 0.717) is 24.6 Å². The molecule has 9 heteroatoms. The van der Waals surface area contributed by atoms with Gasteiger partial charge in [-0.1, -0.05) is 13.8 Å². The summed E-state index contributed by atoms with van der Waals surface area (Å²) in [5.74, 6) is 2.54. The quantitative estimate of drug-likeness (QED) is 0.514. The van der Waals surface area contributed by atoms with E-state index < -0.39 is 0 Å². The zero-order valence-electron chi connectivity index (χ0n) is 18.2. The van der Waals surface area contributed by atoms with Gasteiger partial charge in [0.25, 0.3) is 0 Å². The van der Waals surface area contributed by atoms with Gasteiger partial charge in [-0.25, -0.2) is 9.78 Å². The predicted octanol–water partition coefficient (Wildman–Crippen LogP) is 3.74. The number of hydrogen-bond acceptors (Lipinski definition) is 7. The van der Waals surface area contributed by atoms with E-state index in [0.717, 1.165) is 35.4 Å². The van der Waals surface area contributed by atoms with Gasteiger partial charge in [-0.15, -0.1) is 10.2 Å². The Hall–Kier alpha value is -3.10. The molecule has 0 aliphatic heterocycles. The summed E-state index contributed by atoms with van der Waals surface area (Å²) in [6, 6.07) is 5.81. The first-order valence-electron chi connectivity index (χ1n) is 10.3. The van der Waals surface area contributed by atoms with Crippen LogP contribution in [-0.2, 0) is 4.74 Å². The second kappa shape index (κ2) is 9.60. The lowest BCUT2D eigenvalue weighted by Gasteiger charge is -2.12. The molecule has 2 N–H and O–H groups in total. The van der Waals surface area contributed by atoms with E-state index in [1.807, 2.05) is 32.0 Å². The van der Waals surface area contributed by atoms with Crippen LogP contribution in [-0.4, -0.2) is 52.0 Å². The van der Waals surface area contributed by atoms with Gasteiger partial charge in [-0.3, -0.25) is 4.40 Å². The number of unbranched alkanes of at least 4 members (excludes halogenated alkanes) is 1. The van der Waals surface area contributed by atoms with E-state index >= 15 is 0 Å². The fraction of sp³-hybridized carbons (Fsp3) is 0.524. The van der Waals surface area contributed by atoms with Crippen LogP contribution in [0.15, 0.2) is 18.2 Å². The third kappa shape index (κ3) is 4.90. The molecule has 9 nitrogen and oxygen atoms in total. The van der Waals surface area contributed by atoms with Crippen molar-refractivity contribution in [2.24, 2.45) is 0 Å². The molecule has 0 bridgehead atoms. The van der Waals surface area contributed by atoms with Crippen LogP contribution in [0.5, 0.6) is 5.75 Å². The number of methoxy groups -OCH3 is 1. The van der Waals surface area contributed by atoms with Crippen molar-refractivity contribution < 1.29 is 14.3 Å². The molecule has 2 heterocycles. The molecule has 162 valence electrons. The summed E-state index contributed by atoms with van der Waals surface area (Å²) in [4.78, 5) is 16.3. The van der Waals surface area contributed by atoms with Crippen LogP contribution in [0.2, 0.25) is 0 Å². The van der Waals surface area contributed by atoms with Crippen molar-refractivity contribution in [2.45, 2.75) is 52.6 Å². The van der Waals surface area contributed by atoms with Gasteiger partial charge < -0.3 is 20.1 Å². The van der Waals surface area contributed by atoms with Gasteiger partial charge in [0.1, 0.15) is 11.6 Å². The highest BCUT2D eigenvalue weighted by atomic mass is 16.6. The van der Waals surface area contributed by atoms with Crippen molar-refractivity contribution in [3.63, 3.8) is 0 Å². The zero-order chi connectivity index (χ0) is 21.7. The number of aromatic nitrogens is 4. The monoisotopic (exact) mass is 414 g/mol. The third-order valence-corrected chi connectivity index (χ3v) is 4.58. The number of amides is 1. The maximum Gasteiger partial charge on any atom is 0.407 e. The highest BCUT2D eigenvalue weighted by molar-refractivity contribution is 5.84. The smallest absolute Gasteiger partial charge is 0.407 e. The van der Waals surface area contributed by atoms with E-state index in [9.17, 15) is 4.79 Å². The first kappa shape index (κ1) is 21.6. The summed E-state index contributed by atoms with van der Waals surface area (Å²) >= 11 is 0. The van der Waals surface area contributed by atoms with Crippen molar-refractivity contribution in [3.8, 4) is 5.75 Å². The minimum atomic E-state index is -0.380. The Kier molecular flexibility index (Phi) is 6.91. The van der Waals surface area contributed by atoms with Crippen LogP contribution in [0.4, 0.5) is 10.6 Å². The van der Waals surface area contributed by atoms with Crippen LogP contribution >= 0.6 is 0 Å². The molecule has 0 atom stereocenters. The van der Waals surface area contributed by atoms with Crippen LogP contribution in [0, 0.1) is 0 Å². The molecular formula is C21H30N6O3. The molecule has 0 unspecified atom stereocenters. The number of rotatable bonds is 9. The van der Waals surface area contributed by atoms with Crippen LogP contribution in [0.3, 0.4) is 0 Å². The Bertz CT molecular complexity index is 1010. The van der Waals surface area contributed by atoms with E-state index in [1.54, 1.807) is 7.11 Å². The van der Waals surface area contributed by atoms with Crippen LogP contribution in [0.1, 0.15) is 52.3 Å². The number of fused-ring (bicyclic) bond motifs is 3. The molecule has 0 radical (unpaired) electrons. The molecule has 0 fully saturated rings. The Morgan fingerprint density at radius 2 is 1.90 bits per heavy atom. The Morgan fingerprint density at radius 1 is 1.13 bits per heavy atom. The molecular weight excluding hydrogens is 384 g/mol. The van der Waals surface area contributed by atoms with E-state index in [2.05, 4.69) is 39.1 Å². The van der Waals surface area contributed by atoms with Gasteiger partial charge in [0, 0.05) is 25.1 Å².